The second-order valence-corrected chi connectivity index (χ2v) is 4.51. The summed E-state index contributed by atoms with van der Waals surface area (Å²) >= 11 is 0. The fourth-order valence-electron chi connectivity index (χ4n) is 1.72. The first-order chi connectivity index (χ1) is 8.26. The molecule has 1 saturated carbocycles. The van der Waals surface area contributed by atoms with E-state index >= 15 is 0 Å². The summed E-state index contributed by atoms with van der Waals surface area (Å²) in [6, 6.07) is 0. The first-order valence-corrected chi connectivity index (χ1v) is 6.51. The molecule has 1 aromatic heterocycles. The molecule has 1 heterocycles. The van der Waals surface area contributed by atoms with Gasteiger partial charge in [0.15, 0.2) is 0 Å². The Hall–Kier alpha value is -1.32. The Morgan fingerprint density at radius 2 is 2.06 bits per heavy atom. The van der Waals surface area contributed by atoms with Crippen LogP contribution in [-0.2, 0) is 0 Å². The maximum absolute atomic E-state index is 5.70. The molecule has 94 valence electrons. The Kier molecular flexibility index (Phi) is 3.82. The zero-order valence-electron chi connectivity index (χ0n) is 10.9. The van der Waals surface area contributed by atoms with Crippen molar-refractivity contribution in [1.29, 1.82) is 0 Å². The van der Waals surface area contributed by atoms with Crippen molar-refractivity contribution in [3.63, 3.8) is 0 Å². The van der Waals surface area contributed by atoms with E-state index < -0.39 is 0 Å². The van der Waals surface area contributed by atoms with Gasteiger partial charge in [0.25, 0.3) is 0 Å². The average Bonchev–Trinajstić information content (AvgIpc) is 3.14. The van der Waals surface area contributed by atoms with E-state index in [0.29, 0.717) is 12.5 Å². The van der Waals surface area contributed by atoms with Gasteiger partial charge in [0, 0.05) is 12.5 Å². The first kappa shape index (κ1) is 12.1. The van der Waals surface area contributed by atoms with Gasteiger partial charge in [0.05, 0.1) is 12.2 Å². The van der Waals surface area contributed by atoms with Gasteiger partial charge in [-0.3, -0.25) is 0 Å². The van der Waals surface area contributed by atoms with Crippen molar-refractivity contribution >= 4 is 5.82 Å². The lowest BCUT2D eigenvalue weighted by Crippen LogP contribution is -2.09. The smallest absolute Gasteiger partial charge is 0.221 e. The van der Waals surface area contributed by atoms with Gasteiger partial charge in [-0.1, -0.05) is 6.92 Å². The van der Waals surface area contributed by atoms with Gasteiger partial charge < -0.3 is 10.1 Å². The molecule has 4 heteroatoms. The number of nitrogens with one attached hydrogen (secondary N) is 1. The number of hydrogen-bond donors (Lipinski definition) is 1. The first-order valence-electron chi connectivity index (χ1n) is 6.51. The summed E-state index contributed by atoms with van der Waals surface area (Å²) in [6.07, 6.45) is 3.42. The summed E-state index contributed by atoms with van der Waals surface area (Å²) in [6.45, 7) is 7.77. The van der Waals surface area contributed by atoms with Crippen molar-refractivity contribution in [2.75, 3.05) is 18.5 Å². The zero-order chi connectivity index (χ0) is 12.3. The van der Waals surface area contributed by atoms with E-state index in [1.54, 1.807) is 0 Å². The van der Waals surface area contributed by atoms with Gasteiger partial charge in [-0.2, -0.15) is 4.98 Å². The van der Waals surface area contributed by atoms with E-state index in [2.05, 4.69) is 29.1 Å². The number of ether oxygens (including phenoxy) is 1. The highest BCUT2D eigenvalue weighted by molar-refractivity contribution is 5.49. The molecule has 0 atom stereocenters. The van der Waals surface area contributed by atoms with Crippen molar-refractivity contribution in [3.05, 3.63) is 11.4 Å². The Balaban J connectivity index is 2.27. The molecule has 1 aromatic rings. The molecular weight excluding hydrogens is 214 g/mol. The van der Waals surface area contributed by atoms with Crippen molar-refractivity contribution in [2.45, 2.75) is 46.0 Å². The average molecular weight is 235 g/mol. The van der Waals surface area contributed by atoms with Gasteiger partial charge in [-0.25, -0.2) is 4.98 Å². The fraction of sp³-hybridized carbons (Fsp3) is 0.692. The molecular formula is C13H21N3O. The summed E-state index contributed by atoms with van der Waals surface area (Å²) < 4.78 is 5.70. The van der Waals surface area contributed by atoms with Crippen LogP contribution in [0, 0.1) is 6.92 Å². The molecule has 17 heavy (non-hydrogen) atoms. The van der Waals surface area contributed by atoms with E-state index in [9.17, 15) is 0 Å². The molecule has 2 rings (SSSR count). The second kappa shape index (κ2) is 5.34. The van der Waals surface area contributed by atoms with Gasteiger partial charge in [-0.15, -0.1) is 0 Å². The van der Waals surface area contributed by atoms with E-state index in [1.165, 1.54) is 12.8 Å². The van der Waals surface area contributed by atoms with E-state index in [4.69, 9.17) is 4.74 Å². The number of hydrogen-bond acceptors (Lipinski definition) is 4. The Bertz CT molecular complexity index is 388. The summed E-state index contributed by atoms with van der Waals surface area (Å²) in [5.41, 5.74) is 1.02. The molecule has 1 N–H and O–H groups in total. The number of nitrogens with zero attached hydrogens (tertiary/aromatic N) is 2. The molecule has 1 fully saturated rings. The molecule has 4 nitrogen and oxygen atoms in total. The summed E-state index contributed by atoms with van der Waals surface area (Å²) in [4.78, 5) is 9.13. The van der Waals surface area contributed by atoms with Crippen LogP contribution in [0.2, 0.25) is 0 Å². The third-order valence-corrected chi connectivity index (χ3v) is 2.85. The molecule has 1 aliphatic rings. The van der Waals surface area contributed by atoms with Crippen LogP contribution in [0.1, 0.15) is 50.4 Å². The van der Waals surface area contributed by atoms with Crippen LogP contribution >= 0.6 is 0 Å². The highest BCUT2D eigenvalue weighted by Gasteiger charge is 2.28. The molecule has 0 aliphatic heterocycles. The third-order valence-electron chi connectivity index (χ3n) is 2.85. The van der Waals surface area contributed by atoms with Crippen LogP contribution in [0.5, 0.6) is 5.88 Å². The molecule has 0 amide bonds. The molecule has 0 unspecified atom stereocenters. The number of aromatic nitrogens is 2. The lowest BCUT2D eigenvalue weighted by molar-refractivity contribution is 0.301. The van der Waals surface area contributed by atoms with Crippen LogP contribution in [0.25, 0.3) is 0 Å². The Morgan fingerprint density at radius 1 is 1.29 bits per heavy atom. The highest BCUT2D eigenvalue weighted by atomic mass is 16.5. The van der Waals surface area contributed by atoms with Crippen LogP contribution in [0.3, 0.4) is 0 Å². The van der Waals surface area contributed by atoms with Crippen molar-refractivity contribution in [3.8, 4) is 5.88 Å². The van der Waals surface area contributed by atoms with Crippen LogP contribution < -0.4 is 10.1 Å². The summed E-state index contributed by atoms with van der Waals surface area (Å²) in [5, 5.41) is 3.28. The summed E-state index contributed by atoms with van der Waals surface area (Å²) in [7, 11) is 0. The minimum absolute atomic E-state index is 0.553. The van der Waals surface area contributed by atoms with Crippen molar-refractivity contribution in [2.24, 2.45) is 0 Å². The van der Waals surface area contributed by atoms with Gasteiger partial charge in [0.2, 0.25) is 5.88 Å². The highest BCUT2D eigenvalue weighted by Crippen LogP contribution is 2.39. The summed E-state index contributed by atoms with van der Waals surface area (Å²) in [5.74, 6) is 3.17. The number of rotatable bonds is 6. The van der Waals surface area contributed by atoms with Gasteiger partial charge in [-0.05, 0) is 33.1 Å². The van der Waals surface area contributed by atoms with Crippen LogP contribution in [0.4, 0.5) is 5.82 Å². The second-order valence-electron chi connectivity index (χ2n) is 4.51. The molecule has 0 spiro atoms. The molecule has 0 bridgehead atoms. The van der Waals surface area contributed by atoms with Crippen LogP contribution in [-0.4, -0.2) is 23.1 Å². The molecule has 0 radical (unpaired) electrons. The quantitative estimate of drug-likeness (QED) is 0.823. The minimum Gasteiger partial charge on any atom is -0.477 e. The standard InChI is InChI=1S/C13H21N3O/c1-4-8-17-13-9(3)11(14-5-2)15-12(16-13)10-6-7-10/h10H,4-8H2,1-3H3,(H,14,15,16). The van der Waals surface area contributed by atoms with Crippen LogP contribution in [0.15, 0.2) is 0 Å². The topological polar surface area (TPSA) is 47.0 Å². The lowest BCUT2D eigenvalue weighted by Gasteiger charge is -2.13. The fourth-order valence-corrected chi connectivity index (χ4v) is 1.72. The van der Waals surface area contributed by atoms with Gasteiger partial charge >= 0.3 is 0 Å². The molecule has 0 aromatic carbocycles. The SMILES string of the molecule is CCCOc1nc(C2CC2)nc(NCC)c1C. The molecule has 0 saturated heterocycles. The largest absolute Gasteiger partial charge is 0.477 e. The normalized spacial score (nSPS) is 14.8. The van der Waals surface area contributed by atoms with Crippen molar-refractivity contribution in [1.82, 2.24) is 9.97 Å². The maximum atomic E-state index is 5.70. The van der Waals surface area contributed by atoms with E-state index in [0.717, 1.165) is 36.1 Å². The predicted octanol–water partition coefficient (Wildman–Crippen LogP) is 2.88. The Morgan fingerprint density at radius 3 is 2.65 bits per heavy atom. The Labute approximate surface area is 103 Å². The minimum atomic E-state index is 0.553. The maximum Gasteiger partial charge on any atom is 0.221 e. The van der Waals surface area contributed by atoms with Crippen molar-refractivity contribution < 1.29 is 4.74 Å². The lowest BCUT2D eigenvalue weighted by atomic mass is 10.3. The van der Waals surface area contributed by atoms with E-state index in [-0.39, 0.29) is 0 Å². The monoisotopic (exact) mass is 235 g/mol. The van der Waals surface area contributed by atoms with E-state index in [1.807, 2.05) is 6.92 Å². The third kappa shape index (κ3) is 2.87. The molecule has 1 aliphatic carbocycles. The number of anilines is 1. The predicted molar refractivity (Wildman–Crippen MR) is 68.7 cm³/mol. The zero-order valence-corrected chi connectivity index (χ0v) is 10.9. The van der Waals surface area contributed by atoms with Gasteiger partial charge in [0.1, 0.15) is 11.6 Å².